The van der Waals surface area contributed by atoms with Gasteiger partial charge in [0.15, 0.2) is 0 Å². The van der Waals surface area contributed by atoms with E-state index in [9.17, 15) is 9.59 Å². The molecule has 126 valence electrons. The predicted octanol–water partition coefficient (Wildman–Crippen LogP) is 3.10. The average Bonchev–Trinajstić information content (AvgIpc) is 2.58. The van der Waals surface area contributed by atoms with Gasteiger partial charge in [-0.05, 0) is 35.2 Å². The van der Waals surface area contributed by atoms with Crippen LogP contribution in [0.25, 0.3) is 0 Å². The van der Waals surface area contributed by atoms with Gasteiger partial charge in [0, 0.05) is 11.8 Å². The first-order valence-electron chi connectivity index (χ1n) is 7.73. The Morgan fingerprint density at radius 1 is 1.08 bits per heavy atom. The largest absolute Gasteiger partial charge is 0.465 e. The summed E-state index contributed by atoms with van der Waals surface area (Å²) in [6.45, 7) is 6.62. The van der Waals surface area contributed by atoms with Crippen LogP contribution in [0.4, 0.5) is 0 Å². The monoisotopic (exact) mass is 326 g/mol. The minimum atomic E-state index is -0.428. The minimum Gasteiger partial charge on any atom is -0.465 e. The van der Waals surface area contributed by atoms with Crippen molar-refractivity contribution < 1.29 is 14.3 Å². The third-order valence-corrected chi connectivity index (χ3v) is 3.68. The third-order valence-electron chi connectivity index (χ3n) is 3.68. The summed E-state index contributed by atoms with van der Waals surface area (Å²) in [7, 11) is 1.32. The molecule has 5 nitrogen and oxygen atoms in total. The fraction of sp³-hybridized carbons (Fsp3) is 0.316. The van der Waals surface area contributed by atoms with Gasteiger partial charge < -0.3 is 10.1 Å². The summed E-state index contributed by atoms with van der Waals surface area (Å²) in [5.41, 5.74) is 2.82. The van der Waals surface area contributed by atoms with E-state index in [4.69, 9.17) is 0 Å². The molecule has 5 heteroatoms. The summed E-state index contributed by atoms with van der Waals surface area (Å²) >= 11 is 0. The average molecular weight is 326 g/mol. The smallest absolute Gasteiger partial charge is 0.337 e. The molecule has 2 rings (SSSR count). The van der Waals surface area contributed by atoms with Crippen LogP contribution in [0.5, 0.6) is 0 Å². The number of amides is 1. The summed E-state index contributed by atoms with van der Waals surface area (Å²) < 4.78 is 4.67. The Morgan fingerprint density at radius 2 is 1.75 bits per heavy atom. The van der Waals surface area contributed by atoms with Crippen molar-refractivity contribution in [2.75, 3.05) is 7.11 Å². The molecule has 1 aromatic carbocycles. The van der Waals surface area contributed by atoms with Gasteiger partial charge in [-0.2, -0.15) is 0 Å². The standard InChI is InChI=1S/C19H22N2O3/c1-19(2,3)15-7-5-13(6-8-15)17(22)21-12-16-11-14(9-10-20-16)18(23)24-4/h5-11H,12H2,1-4H3,(H,21,22). The normalized spacial score (nSPS) is 11.0. The zero-order chi connectivity index (χ0) is 17.7. The van der Waals surface area contributed by atoms with Crippen molar-refractivity contribution in [1.82, 2.24) is 10.3 Å². The van der Waals surface area contributed by atoms with Gasteiger partial charge in [0.05, 0.1) is 24.9 Å². The van der Waals surface area contributed by atoms with Gasteiger partial charge >= 0.3 is 5.97 Å². The molecule has 0 aliphatic rings. The van der Waals surface area contributed by atoms with Crippen LogP contribution in [0.15, 0.2) is 42.6 Å². The van der Waals surface area contributed by atoms with Crippen LogP contribution in [0, 0.1) is 0 Å². The van der Waals surface area contributed by atoms with Crippen molar-refractivity contribution in [2.24, 2.45) is 0 Å². The number of rotatable bonds is 4. The minimum absolute atomic E-state index is 0.0489. The number of hydrogen-bond donors (Lipinski definition) is 1. The Kier molecular flexibility index (Phi) is 5.34. The lowest BCUT2D eigenvalue weighted by atomic mass is 9.87. The topological polar surface area (TPSA) is 68.3 Å². The molecule has 1 amide bonds. The highest BCUT2D eigenvalue weighted by Crippen LogP contribution is 2.22. The molecule has 0 saturated carbocycles. The molecule has 0 radical (unpaired) electrons. The molecule has 1 aromatic heterocycles. The molecule has 0 spiro atoms. The molecule has 0 atom stereocenters. The third kappa shape index (κ3) is 4.41. The Balaban J connectivity index is 2.02. The second kappa shape index (κ2) is 7.25. The van der Waals surface area contributed by atoms with Crippen molar-refractivity contribution in [3.8, 4) is 0 Å². The van der Waals surface area contributed by atoms with Crippen LogP contribution < -0.4 is 5.32 Å². The van der Waals surface area contributed by atoms with Gasteiger partial charge in [-0.25, -0.2) is 4.79 Å². The van der Waals surface area contributed by atoms with Gasteiger partial charge in [-0.3, -0.25) is 9.78 Å². The highest BCUT2D eigenvalue weighted by Gasteiger charge is 2.14. The number of carbonyl (C=O) groups excluding carboxylic acids is 2. The molecule has 0 fully saturated rings. The first kappa shape index (κ1) is 17.7. The zero-order valence-corrected chi connectivity index (χ0v) is 14.4. The lowest BCUT2D eigenvalue weighted by Gasteiger charge is -2.19. The van der Waals surface area contributed by atoms with Crippen LogP contribution in [0.3, 0.4) is 0 Å². The van der Waals surface area contributed by atoms with Gasteiger partial charge in [-0.15, -0.1) is 0 Å². The van der Waals surface area contributed by atoms with Gasteiger partial charge in [0.25, 0.3) is 5.91 Å². The van der Waals surface area contributed by atoms with E-state index in [0.717, 1.165) is 0 Å². The van der Waals surface area contributed by atoms with E-state index in [1.807, 2.05) is 24.3 Å². The van der Waals surface area contributed by atoms with Crippen LogP contribution >= 0.6 is 0 Å². The molecule has 0 saturated heterocycles. The Hall–Kier alpha value is -2.69. The summed E-state index contributed by atoms with van der Waals surface area (Å²) in [5.74, 6) is -0.608. The molecule has 24 heavy (non-hydrogen) atoms. The number of esters is 1. The number of carbonyl (C=O) groups is 2. The Labute approximate surface area is 142 Å². The summed E-state index contributed by atoms with van der Waals surface area (Å²) in [6.07, 6.45) is 1.52. The van der Waals surface area contributed by atoms with E-state index in [-0.39, 0.29) is 17.9 Å². The van der Waals surface area contributed by atoms with Crippen molar-refractivity contribution in [2.45, 2.75) is 32.7 Å². The maximum atomic E-state index is 12.2. The number of methoxy groups -OCH3 is 1. The number of nitrogens with zero attached hydrogens (tertiary/aromatic N) is 1. The fourth-order valence-electron chi connectivity index (χ4n) is 2.21. The van der Waals surface area contributed by atoms with E-state index in [0.29, 0.717) is 16.8 Å². The van der Waals surface area contributed by atoms with Gasteiger partial charge in [0.2, 0.25) is 0 Å². The maximum absolute atomic E-state index is 12.2. The van der Waals surface area contributed by atoms with Gasteiger partial charge in [0.1, 0.15) is 0 Å². The molecule has 2 aromatic rings. The first-order valence-corrected chi connectivity index (χ1v) is 7.73. The molecular weight excluding hydrogens is 304 g/mol. The van der Waals surface area contributed by atoms with Crippen LogP contribution in [-0.2, 0) is 16.7 Å². The summed E-state index contributed by atoms with van der Waals surface area (Å²) in [5, 5.41) is 2.80. The van der Waals surface area contributed by atoms with Gasteiger partial charge in [-0.1, -0.05) is 32.9 Å². The summed E-state index contributed by atoms with van der Waals surface area (Å²) in [4.78, 5) is 27.9. The van der Waals surface area contributed by atoms with E-state index in [1.165, 1.54) is 18.9 Å². The SMILES string of the molecule is COC(=O)c1ccnc(CNC(=O)c2ccc(C(C)(C)C)cc2)c1. The predicted molar refractivity (Wildman–Crippen MR) is 91.9 cm³/mol. The number of aromatic nitrogens is 1. The highest BCUT2D eigenvalue weighted by molar-refractivity contribution is 5.94. The van der Waals surface area contributed by atoms with Crippen molar-refractivity contribution in [3.05, 3.63) is 65.0 Å². The summed E-state index contributed by atoms with van der Waals surface area (Å²) in [6, 6.07) is 10.7. The second-order valence-corrected chi connectivity index (χ2v) is 6.54. The zero-order valence-electron chi connectivity index (χ0n) is 14.4. The lowest BCUT2D eigenvalue weighted by Crippen LogP contribution is -2.23. The van der Waals surface area contributed by atoms with Crippen LogP contribution in [0.1, 0.15) is 52.7 Å². The molecule has 1 N–H and O–H groups in total. The number of hydrogen-bond acceptors (Lipinski definition) is 4. The van der Waals surface area contributed by atoms with Crippen molar-refractivity contribution in [1.29, 1.82) is 0 Å². The molecule has 1 heterocycles. The number of benzene rings is 1. The quantitative estimate of drug-likeness (QED) is 0.877. The number of nitrogens with one attached hydrogen (secondary N) is 1. The van der Waals surface area contributed by atoms with Crippen LogP contribution in [0.2, 0.25) is 0 Å². The molecule has 0 unspecified atom stereocenters. The van der Waals surface area contributed by atoms with Crippen molar-refractivity contribution >= 4 is 11.9 Å². The van der Waals surface area contributed by atoms with E-state index in [2.05, 4.69) is 35.8 Å². The van der Waals surface area contributed by atoms with E-state index >= 15 is 0 Å². The van der Waals surface area contributed by atoms with Crippen LogP contribution in [-0.4, -0.2) is 24.0 Å². The van der Waals surface area contributed by atoms with E-state index < -0.39 is 5.97 Å². The number of pyridine rings is 1. The Bertz CT molecular complexity index is 731. The molecular formula is C19H22N2O3. The lowest BCUT2D eigenvalue weighted by molar-refractivity contribution is 0.0600. The first-order chi connectivity index (χ1) is 11.3. The van der Waals surface area contributed by atoms with Crippen molar-refractivity contribution in [3.63, 3.8) is 0 Å². The molecule has 0 bridgehead atoms. The fourth-order valence-corrected chi connectivity index (χ4v) is 2.21. The van der Waals surface area contributed by atoms with E-state index in [1.54, 1.807) is 12.1 Å². The second-order valence-electron chi connectivity index (χ2n) is 6.54. The Morgan fingerprint density at radius 3 is 2.33 bits per heavy atom. The maximum Gasteiger partial charge on any atom is 0.337 e. The molecule has 0 aliphatic carbocycles. The highest BCUT2D eigenvalue weighted by atomic mass is 16.5. The molecule has 0 aliphatic heterocycles. The number of ether oxygens (including phenoxy) is 1.